The summed E-state index contributed by atoms with van der Waals surface area (Å²) >= 11 is 0. The molecular weight excluding hydrogens is 272 g/mol. The third-order valence-corrected chi connectivity index (χ3v) is 2.99. The Kier molecular flexibility index (Phi) is 4.27. The topological polar surface area (TPSA) is 87.6 Å². The maximum atomic E-state index is 11.1. The molecule has 1 aromatic carbocycles. The highest BCUT2D eigenvalue weighted by atomic mass is 35.5. The Morgan fingerprint density at radius 1 is 1.32 bits per heavy atom. The summed E-state index contributed by atoms with van der Waals surface area (Å²) in [6, 6.07) is 2.53. The zero-order valence-electron chi connectivity index (χ0n) is 11.0. The van der Waals surface area contributed by atoms with E-state index < -0.39 is 11.0 Å². The lowest BCUT2D eigenvalue weighted by molar-refractivity contribution is -0.385. The SMILES string of the molecule is CC(C)(C)[C@H](N)c1cc2c(cc1[N+](=O)[O-])OCO2.Cl. The van der Waals surface area contributed by atoms with Crippen LogP contribution in [0.4, 0.5) is 5.69 Å². The molecule has 0 saturated carbocycles. The number of nitro benzene ring substituents is 1. The number of nitrogens with zero attached hydrogens (tertiary/aromatic N) is 1. The quantitative estimate of drug-likeness (QED) is 0.668. The predicted molar refractivity (Wildman–Crippen MR) is 72.9 cm³/mol. The fraction of sp³-hybridized carbons (Fsp3) is 0.500. The van der Waals surface area contributed by atoms with Crippen molar-refractivity contribution in [1.29, 1.82) is 0 Å². The summed E-state index contributed by atoms with van der Waals surface area (Å²) in [4.78, 5) is 10.7. The molecule has 0 aliphatic carbocycles. The van der Waals surface area contributed by atoms with E-state index in [0.717, 1.165) is 0 Å². The Labute approximate surface area is 117 Å². The summed E-state index contributed by atoms with van der Waals surface area (Å²) in [5.74, 6) is 0.904. The largest absolute Gasteiger partial charge is 0.454 e. The lowest BCUT2D eigenvalue weighted by Gasteiger charge is -2.27. The van der Waals surface area contributed by atoms with E-state index in [-0.39, 0.29) is 30.3 Å². The van der Waals surface area contributed by atoms with Crippen molar-refractivity contribution in [2.24, 2.45) is 11.1 Å². The zero-order valence-corrected chi connectivity index (χ0v) is 11.8. The number of nitro groups is 1. The van der Waals surface area contributed by atoms with Gasteiger partial charge < -0.3 is 15.2 Å². The van der Waals surface area contributed by atoms with Crippen LogP contribution in [-0.2, 0) is 0 Å². The van der Waals surface area contributed by atoms with Gasteiger partial charge in [-0.3, -0.25) is 10.1 Å². The summed E-state index contributed by atoms with van der Waals surface area (Å²) in [5, 5.41) is 11.1. The second kappa shape index (κ2) is 5.22. The average molecular weight is 289 g/mol. The van der Waals surface area contributed by atoms with Crippen LogP contribution in [0.1, 0.15) is 32.4 Å². The second-order valence-corrected chi connectivity index (χ2v) is 5.37. The van der Waals surface area contributed by atoms with Gasteiger partial charge in [0, 0.05) is 6.04 Å². The predicted octanol–water partition coefficient (Wildman–Crippen LogP) is 2.79. The van der Waals surface area contributed by atoms with Crippen LogP contribution in [0.2, 0.25) is 0 Å². The molecule has 0 radical (unpaired) electrons. The van der Waals surface area contributed by atoms with E-state index in [1.807, 2.05) is 20.8 Å². The first-order valence-corrected chi connectivity index (χ1v) is 5.64. The van der Waals surface area contributed by atoms with Crippen molar-refractivity contribution < 1.29 is 14.4 Å². The highest BCUT2D eigenvalue weighted by Crippen LogP contribution is 2.43. The van der Waals surface area contributed by atoms with Crippen LogP contribution < -0.4 is 15.2 Å². The third-order valence-electron chi connectivity index (χ3n) is 2.99. The van der Waals surface area contributed by atoms with Crippen LogP contribution >= 0.6 is 12.4 Å². The van der Waals surface area contributed by atoms with E-state index in [1.165, 1.54) is 6.07 Å². The lowest BCUT2D eigenvalue weighted by atomic mass is 9.82. The van der Waals surface area contributed by atoms with Crippen molar-refractivity contribution in [3.05, 3.63) is 27.8 Å². The number of halogens is 1. The minimum absolute atomic E-state index is 0. The Bertz CT molecular complexity index is 499. The molecule has 1 aliphatic heterocycles. The molecule has 1 heterocycles. The van der Waals surface area contributed by atoms with Crippen LogP contribution in [0.5, 0.6) is 11.5 Å². The van der Waals surface area contributed by atoms with Crippen LogP contribution in [0.3, 0.4) is 0 Å². The monoisotopic (exact) mass is 288 g/mol. The van der Waals surface area contributed by atoms with Crippen LogP contribution in [-0.4, -0.2) is 11.7 Å². The van der Waals surface area contributed by atoms with Gasteiger partial charge in [-0.25, -0.2) is 0 Å². The summed E-state index contributed by atoms with van der Waals surface area (Å²) < 4.78 is 10.4. The normalized spacial score (nSPS) is 14.7. The molecule has 7 heteroatoms. The molecule has 1 aromatic rings. The van der Waals surface area contributed by atoms with Gasteiger partial charge in [-0.05, 0) is 11.5 Å². The number of benzene rings is 1. The first-order chi connectivity index (χ1) is 8.30. The number of hydrogen-bond donors (Lipinski definition) is 1. The van der Waals surface area contributed by atoms with Crippen LogP contribution in [0.25, 0.3) is 0 Å². The van der Waals surface area contributed by atoms with E-state index >= 15 is 0 Å². The summed E-state index contributed by atoms with van der Waals surface area (Å²) in [5.41, 5.74) is 6.27. The van der Waals surface area contributed by atoms with Gasteiger partial charge in [0.25, 0.3) is 5.69 Å². The molecule has 2 rings (SSSR count). The van der Waals surface area contributed by atoms with Crippen molar-refractivity contribution in [3.63, 3.8) is 0 Å². The molecule has 106 valence electrons. The average Bonchev–Trinajstić information content (AvgIpc) is 2.71. The molecule has 0 aromatic heterocycles. The van der Waals surface area contributed by atoms with Gasteiger partial charge in [0.2, 0.25) is 6.79 Å². The maximum absolute atomic E-state index is 11.1. The van der Waals surface area contributed by atoms with E-state index in [1.54, 1.807) is 6.07 Å². The fourth-order valence-electron chi connectivity index (χ4n) is 1.82. The van der Waals surface area contributed by atoms with Crippen molar-refractivity contribution in [2.75, 3.05) is 6.79 Å². The molecule has 2 N–H and O–H groups in total. The Morgan fingerprint density at radius 2 is 1.84 bits per heavy atom. The van der Waals surface area contributed by atoms with E-state index in [2.05, 4.69) is 0 Å². The number of rotatable bonds is 2. The maximum Gasteiger partial charge on any atom is 0.278 e. The Hall–Kier alpha value is -1.53. The Balaban J connectivity index is 0.00000180. The summed E-state index contributed by atoms with van der Waals surface area (Å²) in [6.07, 6.45) is 0. The molecule has 19 heavy (non-hydrogen) atoms. The van der Waals surface area contributed by atoms with Gasteiger partial charge >= 0.3 is 0 Å². The lowest BCUT2D eigenvalue weighted by Crippen LogP contribution is -2.27. The van der Waals surface area contributed by atoms with Crippen LogP contribution in [0, 0.1) is 15.5 Å². The number of nitrogens with two attached hydrogens (primary N) is 1. The molecule has 1 aliphatic rings. The number of hydrogen-bond acceptors (Lipinski definition) is 5. The number of fused-ring (bicyclic) bond motifs is 1. The smallest absolute Gasteiger partial charge is 0.278 e. The van der Waals surface area contributed by atoms with Gasteiger partial charge in [0.1, 0.15) is 0 Å². The number of ether oxygens (including phenoxy) is 2. The summed E-state index contributed by atoms with van der Waals surface area (Å²) in [6.45, 7) is 5.89. The molecule has 0 unspecified atom stereocenters. The zero-order chi connectivity index (χ0) is 13.5. The van der Waals surface area contributed by atoms with Crippen molar-refractivity contribution in [3.8, 4) is 11.5 Å². The summed E-state index contributed by atoms with van der Waals surface area (Å²) in [7, 11) is 0. The molecule has 0 bridgehead atoms. The van der Waals surface area contributed by atoms with Crippen molar-refractivity contribution in [2.45, 2.75) is 26.8 Å². The van der Waals surface area contributed by atoms with Gasteiger partial charge in [0.05, 0.1) is 16.6 Å². The first-order valence-electron chi connectivity index (χ1n) is 5.64. The van der Waals surface area contributed by atoms with Crippen molar-refractivity contribution in [1.82, 2.24) is 0 Å². The van der Waals surface area contributed by atoms with Crippen molar-refractivity contribution >= 4 is 18.1 Å². The highest BCUT2D eigenvalue weighted by Gasteiger charge is 2.31. The molecule has 0 saturated heterocycles. The molecule has 1 atom stereocenters. The first kappa shape index (κ1) is 15.5. The fourth-order valence-corrected chi connectivity index (χ4v) is 1.82. The minimum Gasteiger partial charge on any atom is -0.454 e. The Morgan fingerprint density at radius 3 is 2.32 bits per heavy atom. The molecular formula is C12H17ClN2O4. The van der Waals surface area contributed by atoms with E-state index in [4.69, 9.17) is 15.2 Å². The van der Waals surface area contributed by atoms with E-state index in [0.29, 0.717) is 17.1 Å². The molecule has 0 fully saturated rings. The molecule has 0 amide bonds. The van der Waals surface area contributed by atoms with E-state index in [9.17, 15) is 10.1 Å². The van der Waals surface area contributed by atoms with Gasteiger partial charge in [0.15, 0.2) is 11.5 Å². The molecule has 6 nitrogen and oxygen atoms in total. The molecule has 0 spiro atoms. The minimum atomic E-state index is -0.451. The standard InChI is InChI=1S/C12H16N2O4.ClH/c1-12(2,3)11(13)7-4-9-10(18-6-17-9)5-8(7)14(15)16;/h4-5,11H,6,13H2,1-3H3;1H/t11-;/m1./s1. The third kappa shape index (κ3) is 2.90. The second-order valence-electron chi connectivity index (χ2n) is 5.37. The van der Waals surface area contributed by atoms with Gasteiger partial charge in [-0.2, -0.15) is 0 Å². The van der Waals surface area contributed by atoms with Crippen LogP contribution in [0.15, 0.2) is 12.1 Å². The van der Waals surface area contributed by atoms with Gasteiger partial charge in [-0.15, -0.1) is 12.4 Å². The van der Waals surface area contributed by atoms with Gasteiger partial charge in [-0.1, -0.05) is 20.8 Å². The highest BCUT2D eigenvalue weighted by molar-refractivity contribution is 5.85.